The number of aryl methyl sites for hydroxylation is 2. The summed E-state index contributed by atoms with van der Waals surface area (Å²) < 4.78 is 0. The van der Waals surface area contributed by atoms with Crippen molar-refractivity contribution in [1.82, 2.24) is 0 Å². The van der Waals surface area contributed by atoms with Gasteiger partial charge in [0.25, 0.3) is 0 Å². The molecule has 5 rings (SSSR count). The molecule has 2 aliphatic rings. The Labute approximate surface area is 267 Å². The Balaban J connectivity index is 0.00000160. The van der Waals surface area contributed by atoms with E-state index in [-0.39, 0.29) is 63.2 Å². The average molecular weight is 994 g/mol. The summed E-state index contributed by atoms with van der Waals surface area (Å²) in [5.74, 6) is 0. The van der Waals surface area contributed by atoms with Crippen LogP contribution in [0.4, 0.5) is 0 Å². The van der Waals surface area contributed by atoms with Crippen LogP contribution in [0.1, 0.15) is 89.0 Å². The molecule has 0 aromatic heterocycles. The number of benzene rings is 3. The van der Waals surface area contributed by atoms with Gasteiger partial charge in [-0.25, -0.2) is 22.3 Å². The van der Waals surface area contributed by atoms with E-state index < -0.39 is 0 Å². The van der Waals surface area contributed by atoms with Gasteiger partial charge in [0.1, 0.15) is 0 Å². The van der Waals surface area contributed by atoms with Crippen LogP contribution in [0.3, 0.4) is 0 Å². The standard InChI is InChI=1S/C34H34.3W/c1-17-11-29(23(7)21(5)19(17)3)27-13-31-25(9)33-15-28(16-34(33)26(10)32(31)14-27)30-12-18(2)20(4)22(6)24(30)8;;;/h13,16H2,1-10H3;;;/q-4;;2*+2. The first-order valence-corrected chi connectivity index (χ1v) is 12.4. The first kappa shape index (κ1) is 32.4. The second-order valence-electron chi connectivity index (χ2n) is 10.5. The molecule has 0 radical (unpaired) electrons. The summed E-state index contributed by atoms with van der Waals surface area (Å²) in [5, 5.41) is 0. The quantitative estimate of drug-likeness (QED) is 0.229. The number of hydrogen-bond donors (Lipinski definition) is 0. The van der Waals surface area contributed by atoms with E-state index in [4.69, 9.17) is 0 Å². The number of rotatable bonds is 2. The Morgan fingerprint density at radius 3 is 1.08 bits per heavy atom. The van der Waals surface area contributed by atoms with E-state index in [2.05, 4.69) is 93.5 Å². The van der Waals surface area contributed by atoms with Crippen LogP contribution in [0.2, 0.25) is 0 Å². The van der Waals surface area contributed by atoms with Gasteiger partial charge in [0.15, 0.2) is 0 Å². The molecule has 0 amide bonds. The maximum atomic E-state index is 3.84. The molecule has 0 nitrogen and oxygen atoms in total. The topological polar surface area (TPSA) is 0 Å². The minimum atomic E-state index is 0. The van der Waals surface area contributed by atoms with Gasteiger partial charge in [-0.05, 0) is 0 Å². The maximum absolute atomic E-state index is 3.84. The molecule has 3 aromatic carbocycles. The molecular formula is C34H34W3. The molecular weight excluding hydrogens is 960 g/mol. The van der Waals surface area contributed by atoms with Crippen LogP contribution in [-0.4, -0.2) is 0 Å². The van der Waals surface area contributed by atoms with Crippen molar-refractivity contribution < 1.29 is 63.2 Å². The molecule has 2 aliphatic carbocycles. The van der Waals surface area contributed by atoms with Crippen LogP contribution in [0.5, 0.6) is 0 Å². The van der Waals surface area contributed by atoms with Gasteiger partial charge in [0, 0.05) is 21.1 Å². The van der Waals surface area contributed by atoms with Crippen LogP contribution in [-0.2, 0) is 76.0 Å². The zero-order valence-corrected chi connectivity index (χ0v) is 32.4. The third-order valence-corrected chi connectivity index (χ3v) is 8.87. The molecule has 0 atom stereocenters. The van der Waals surface area contributed by atoms with Crippen molar-refractivity contribution in [3.05, 3.63) is 113 Å². The van der Waals surface area contributed by atoms with Gasteiger partial charge in [0.2, 0.25) is 0 Å². The fourth-order valence-electron chi connectivity index (χ4n) is 5.81. The molecule has 3 aromatic rings. The molecule has 188 valence electrons. The van der Waals surface area contributed by atoms with Crippen molar-refractivity contribution in [1.29, 1.82) is 0 Å². The Hall–Kier alpha value is -0.795. The van der Waals surface area contributed by atoms with E-state index in [0.29, 0.717) is 0 Å². The summed E-state index contributed by atoms with van der Waals surface area (Å²) in [6.07, 6.45) is 9.53. The molecule has 3 heteroatoms. The van der Waals surface area contributed by atoms with Crippen molar-refractivity contribution in [2.24, 2.45) is 0 Å². The predicted molar refractivity (Wildman–Crippen MR) is 143 cm³/mol. The monoisotopic (exact) mass is 994 g/mol. The fraction of sp³-hybridized carbons (Fsp3) is 0.353. The van der Waals surface area contributed by atoms with E-state index in [1.165, 1.54) is 100 Å². The van der Waals surface area contributed by atoms with E-state index in [1.807, 2.05) is 0 Å². The van der Waals surface area contributed by atoms with Crippen LogP contribution in [0.15, 0.2) is 0 Å². The van der Waals surface area contributed by atoms with Crippen LogP contribution in [0, 0.1) is 93.5 Å². The SMILES string of the molecule is Cc1[c-]c(C2=[C-]c3c(C)c4c(c(C)c3C2)[C-]=C(c2[c-]c(C)c(C)c(C)c2C)C4)c(C)c(C)c1C.[W+2].[W+2].[W]. The Kier molecular flexibility index (Phi) is 10.3. The minimum Gasteiger partial charge on any atom is -0.218 e. The molecule has 0 aliphatic heterocycles. The van der Waals surface area contributed by atoms with Crippen molar-refractivity contribution >= 4 is 11.1 Å². The van der Waals surface area contributed by atoms with E-state index >= 15 is 0 Å². The van der Waals surface area contributed by atoms with Crippen molar-refractivity contribution in [3.63, 3.8) is 0 Å². The van der Waals surface area contributed by atoms with Gasteiger partial charge >= 0.3 is 42.1 Å². The molecule has 0 spiro atoms. The normalized spacial score (nSPS) is 13.1. The van der Waals surface area contributed by atoms with Crippen molar-refractivity contribution in [2.45, 2.75) is 82.1 Å². The third-order valence-electron chi connectivity index (χ3n) is 8.87. The van der Waals surface area contributed by atoms with E-state index in [1.54, 1.807) is 0 Å². The van der Waals surface area contributed by atoms with Gasteiger partial charge in [-0.2, -0.15) is 68.8 Å². The second-order valence-corrected chi connectivity index (χ2v) is 10.5. The van der Waals surface area contributed by atoms with Crippen LogP contribution in [0.25, 0.3) is 11.1 Å². The number of fused-ring (bicyclic) bond motifs is 2. The first-order chi connectivity index (χ1) is 16.0. The number of allylic oxidation sites excluding steroid dienone is 2. The Bertz CT molecular complexity index is 1370. The van der Waals surface area contributed by atoms with Gasteiger partial charge < -0.3 is 0 Å². The summed E-state index contributed by atoms with van der Waals surface area (Å²) in [6, 6.07) is 7.37. The van der Waals surface area contributed by atoms with E-state index in [0.717, 1.165) is 12.8 Å². The molecule has 37 heavy (non-hydrogen) atoms. The smallest absolute Gasteiger partial charge is 0.218 e. The molecule has 0 N–H and O–H groups in total. The second kappa shape index (κ2) is 11.8. The molecule has 0 bridgehead atoms. The molecule has 0 saturated carbocycles. The third kappa shape index (κ3) is 5.10. The van der Waals surface area contributed by atoms with Gasteiger partial charge in [-0.3, -0.25) is 0 Å². The summed E-state index contributed by atoms with van der Waals surface area (Å²) in [5.41, 5.74) is 23.8. The first-order valence-electron chi connectivity index (χ1n) is 12.4. The zero-order valence-electron chi connectivity index (χ0n) is 23.6. The molecule has 0 unspecified atom stereocenters. The summed E-state index contributed by atoms with van der Waals surface area (Å²) in [4.78, 5) is 0. The summed E-state index contributed by atoms with van der Waals surface area (Å²) in [7, 11) is 0. The largest absolute Gasteiger partial charge is 2.00 e. The summed E-state index contributed by atoms with van der Waals surface area (Å²) in [6.45, 7) is 22.2. The van der Waals surface area contributed by atoms with Crippen molar-refractivity contribution in [2.75, 3.05) is 0 Å². The average Bonchev–Trinajstić information content (AvgIpc) is 3.45. The number of hydrogen-bond acceptors (Lipinski definition) is 0. The summed E-state index contributed by atoms with van der Waals surface area (Å²) >= 11 is 0. The zero-order chi connectivity index (χ0) is 24.6. The minimum absolute atomic E-state index is 0. The van der Waals surface area contributed by atoms with Gasteiger partial charge in [-0.1, -0.05) is 82.1 Å². The maximum Gasteiger partial charge on any atom is 2.00 e. The fourth-order valence-corrected chi connectivity index (χ4v) is 5.81. The molecule has 0 saturated heterocycles. The van der Waals surface area contributed by atoms with Gasteiger partial charge in [0.05, 0.1) is 0 Å². The molecule has 0 fully saturated rings. The van der Waals surface area contributed by atoms with Crippen LogP contribution >= 0.6 is 0 Å². The predicted octanol–water partition coefficient (Wildman–Crippen LogP) is 7.95. The van der Waals surface area contributed by atoms with Crippen molar-refractivity contribution in [3.8, 4) is 0 Å². The Morgan fingerprint density at radius 1 is 0.432 bits per heavy atom. The Morgan fingerprint density at radius 2 is 0.757 bits per heavy atom. The molecule has 0 heterocycles. The van der Waals surface area contributed by atoms with E-state index in [9.17, 15) is 0 Å². The van der Waals surface area contributed by atoms with Gasteiger partial charge in [-0.15, -0.1) is 33.4 Å². The van der Waals surface area contributed by atoms with Crippen LogP contribution < -0.4 is 0 Å².